The topological polar surface area (TPSA) is 75.6 Å². The monoisotopic (exact) mass is 448 g/mol. The van der Waals surface area contributed by atoms with Crippen LogP contribution in [-0.2, 0) is 14.3 Å². The molecule has 3 rings (SSSR count). The highest BCUT2D eigenvalue weighted by molar-refractivity contribution is 7.99. The Kier molecular flexibility index (Phi) is 7.69. The Morgan fingerprint density at radius 1 is 1.10 bits per heavy atom. The first-order valence-electron chi connectivity index (χ1n) is 9.67. The van der Waals surface area contributed by atoms with E-state index >= 15 is 0 Å². The zero-order chi connectivity index (χ0) is 21.7. The number of benzene rings is 1. The van der Waals surface area contributed by atoms with Crippen LogP contribution in [0.5, 0.6) is 0 Å². The van der Waals surface area contributed by atoms with Crippen LogP contribution in [-0.4, -0.2) is 70.7 Å². The number of nitrogens with zero attached hydrogens (tertiary/aromatic N) is 4. The van der Waals surface area contributed by atoms with Crippen molar-refractivity contribution in [3.05, 3.63) is 52.3 Å². The fraction of sp³-hybridized carbons (Fsp3) is 0.429. The maximum Gasteiger partial charge on any atom is 0.327 e. The van der Waals surface area contributed by atoms with Crippen LogP contribution in [0.4, 0.5) is 0 Å². The van der Waals surface area contributed by atoms with Gasteiger partial charge in [-0.1, -0.05) is 35.5 Å². The summed E-state index contributed by atoms with van der Waals surface area (Å²) in [7, 11) is 1.39. The van der Waals surface area contributed by atoms with Crippen LogP contribution in [0.15, 0.2) is 35.5 Å². The van der Waals surface area contributed by atoms with Gasteiger partial charge in [-0.3, -0.25) is 9.69 Å². The Morgan fingerprint density at radius 3 is 2.27 bits per heavy atom. The van der Waals surface area contributed by atoms with Gasteiger partial charge < -0.3 is 9.64 Å². The predicted octanol–water partition coefficient (Wildman–Crippen LogP) is 2.90. The number of esters is 1. The first-order valence-corrected chi connectivity index (χ1v) is 11.0. The summed E-state index contributed by atoms with van der Waals surface area (Å²) in [6, 6.07) is 8.59. The highest BCUT2D eigenvalue weighted by Crippen LogP contribution is 2.25. The van der Waals surface area contributed by atoms with E-state index in [4.69, 9.17) is 16.3 Å². The molecule has 1 aliphatic heterocycles. The number of rotatable bonds is 6. The zero-order valence-electron chi connectivity index (χ0n) is 17.3. The number of aromatic nitrogens is 2. The summed E-state index contributed by atoms with van der Waals surface area (Å²) in [4.78, 5) is 37.7. The van der Waals surface area contributed by atoms with Gasteiger partial charge in [-0.15, -0.1) is 0 Å². The molecule has 1 fully saturated rings. The van der Waals surface area contributed by atoms with Crippen LogP contribution in [0.1, 0.15) is 23.0 Å². The Morgan fingerprint density at radius 2 is 1.70 bits per heavy atom. The molecule has 9 heteroatoms. The van der Waals surface area contributed by atoms with E-state index < -0.39 is 6.04 Å². The van der Waals surface area contributed by atoms with Crippen LogP contribution < -0.4 is 0 Å². The summed E-state index contributed by atoms with van der Waals surface area (Å²) in [5.74, 6) is 0.0173. The normalized spacial score (nSPS) is 15.7. The average molecular weight is 449 g/mol. The van der Waals surface area contributed by atoms with Gasteiger partial charge in [-0.05, 0) is 37.6 Å². The number of halogens is 1. The predicted molar refractivity (Wildman–Crippen MR) is 117 cm³/mol. The number of methoxy groups -OCH3 is 1. The number of hydrogen-bond acceptors (Lipinski definition) is 7. The highest BCUT2D eigenvalue weighted by Gasteiger charge is 2.32. The molecule has 1 aromatic heterocycles. The van der Waals surface area contributed by atoms with Crippen LogP contribution in [0.25, 0.3) is 0 Å². The second kappa shape index (κ2) is 10.2. The number of aryl methyl sites for hydroxylation is 2. The third-order valence-electron chi connectivity index (χ3n) is 4.93. The van der Waals surface area contributed by atoms with Gasteiger partial charge in [0.25, 0.3) is 0 Å². The summed E-state index contributed by atoms with van der Waals surface area (Å²) in [5, 5.41) is 1.23. The van der Waals surface area contributed by atoms with Gasteiger partial charge in [0.05, 0.1) is 12.9 Å². The van der Waals surface area contributed by atoms with Crippen LogP contribution in [0, 0.1) is 13.8 Å². The van der Waals surface area contributed by atoms with Crippen LogP contribution in [0.2, 0.25) is 5.02 Å². The lowest BCUT2D eigenvalue weighted by Crippen LogP contribution is -2.51. The minimum Gasteiger partial charge on any atom is -0.468 e. The zero-order valence-corrected chi connectivity index (χ0v) is 18.9. The number of hydrogen-bond donors (Lipinski definition) is 0. The molecule has 160 valence electrons. The van der Waals surface area contributed by atoms with Crippen molar-refractivity contribution in [1.82, 2.24) is 19.8 Å². The molecule has 2 aromatic rings. The largest absolute Gasteiger partial charge is 0.468 e. The molecule has 0 unspecified atom stereocenters. The molecule has 1 amide bonds. The van der Waals surface area contributed by atoms with E-state index in [-0.39, 0.29) is 11.9 Å². The molecule has 1 atom stereocenters. The number of carbonyl (C=O) groups is 2. The SMILES string of the molecule is COC(=O)[C@H](c1ccc(Cl)cc1)N1CCN(C(=O)CSc2nc(C)cc(C)n2)CC1. The minimum absolute atomic E-state index is 0.0449. The number of amides is 1. The maximum absolute atomic E-state index is 12.6. The van der Waals surface area contributed by atoms with Gasteiger partial charge in [0.2, 0.25) is 5.91 Å². The molecular weight excluding hydrogens is 424 g/mol. The summed E-state index contributed by atoms with van der Waals surface area (Å²) < 4.78 is 5.02. The van der Waals surface area contributed by atoms with Gasteiger partial charge in [-0.2, -0.15) is 0 Å². The number of carbonyl (C=O) groups excluding carboxylic acids is 2. The van der Waals surface area contributed by atoms with Crippen LogP contribution in [0.3, 0.4) is 0 Å². The molecule has 2 heterocycles. The number of thioether (sulfide) groups is 1. The molecule has 0 aliphatic carbocycles. The third kappa shape index (κ3) is 5.71. The first kappa shape index (κ1) is 22.5. The molecule has 7 nitrogen and oxygen atoms in total. The summed E-state index contributed by atoms with van der Waals surface area (Å²) in [5.41, 5.74) is 2.61. The minimum atomic E-state index is -0.512. The van der Waals surface area contributed by atoms with Crippen molar-refractivity contribution in [1.29, 1.82) is 0 Å². The van der Waals surface area contributed by atoms with Crippen molar-refractivity contribution in [3.63, 3.8) is 0 Å². The molecule has 0 N–H and O–H groups in total. The average Bonchev–Trinajstić information content (AvgIpc) is 2.73. The summed E-state index contributed by atoms with van der Waals surface area (Å²) in [6.07, 6.45) is 0. The van der Waals surface area contributed by atoms with Crippen molar-refractivity contribution >= 4 is 35.2 Å². The van der Waals surface area contributed by atoms with E-state index in [1.54, 1.807) is 12.1 Å². The second-order valence-corrected chi connectivity index (χ2v) is 8.49. The van der Waals surface area contributed by atoms with Gasteiger partial charge in [0.15, 0.2) is 5.16 Å². The van der Waals surface area contributed by atoms with E-state index in [1.165, 1.54) is 18.9 Å². The van der Waals surface area contributed by atoms with Crippen molar-refractivity contribution in [2.45, 2.75) is 25.0 Å². The third-order valence-corrected chi connectivity index (χ3v) is 6.01. The van der Waals surface area contributed by atoms with Crippen LogP contribution >= 0.6 is 23.4 Å². The van der Waals surface area contributed by atoms with E-state index in [0.717, 1.165) is 17.0 Å². The summed E-state index contributed by atoms with van der Waals surface area (Å²) in [6.45, 7) is 6.09. The Bertz CT molecular complexity index is 881. The fourth-order valence-corrected chi connectivity index (χ4v) is 4.44. The molecule has 0 radical (unpaired) electrons. The van der Waals surface area contributed by atoms with Crippen molar-refractivity contribution in [2.24, 2.45) is 0 Å². The fourth-order valence-electron chi connectivity index (χ4n) is 3.46. The maximum atomic E-state index is 12.6. The standard InChI is InChI=1S/C21H25ClN4O3S/c1-14-12-15(2)24-21(23-14)30-13-18(27)25-8-10-26(11-9-25)19(20(28)29-3)16-4-6-17(22)7-5-16/h4-7,12,19H,8-11,13H2,1-3H3/t19-/m0/s1. The lowest BCUT2D eigenvalue weighted by molar-refractivity contribution is -0.148. The van der Waals surface area contributed by atoms with Gasteiger partial charge in [-0.25, -0.2) is 14.8 Å². The molecule has 0 bridgehead atoms. The quantitative estimate of drug-likeness (QED) is 0.382. The van der Waals surface area contributed by atoms with Gasteiger partial charge in [0, 0.05) is 42.6 Å². The number of ether oxygens (including phenoxy) is 1. The van der Waals surface area contributed by atoms with Crippen molar-refractivity contribution in [2.75, 3.05) is 39.0 Å². The van der Waals surface area contributed by atoms with Crippen molar-refractivity contribution < 1.29 is 14.3 Å². The molecule has 1 aliphatic rings. The second-order valence-electron chi connectivity index (χ2n) is 7.12. The van der Waals surface area contributed by atoms with E-state index in [0.29, 0.717) is 42.1 Å². The molecule has 30 heavy (non-hydrogen) atoms. The first-order chi connectivity index (χ1) is 14.4. The Labute approximate surface area is 185 Å². The molecule has 0 saturated carbocycles. The van der Waals surface area contributed by atoms with E-state index in [1.807, 2.05) is 41.8 Å². The highest BCUT2D eigenvalue weighted by atomic mass is 35.5. The molecule has 1 aromatic carbocycles. The lowest BCUT2D eigenvalue weighted by atomic mass is 10.0. The lowest BCUT2D eigenvalue weighted by Gasteiger charge is -2.38. The Hall–Kier alpha value is -2.16. The van der Waals surface area contributed by atoms with Gasteiger partial charge >= 0.3 is 5.97 Å². The number of piperazine rings is 1. The molecule has 0 spiro atoms. The van der Waals surface area contributed by atoms with Gasteiger partial charge in [0.1, 0.15) is 6.04 Å². The van der Waals surface area contributed by atoms with E-state index in [9.17, 15) is 9.59 Å². The van der Waals surface area contributed by atoms with Crippen molar-refractivity contribution in [3.8, 4) is 0 Å². The smallest absolute Gasteiger partial charge is 0.327 e. The summed E-state index contributed by atoms with van der Waals surface area (Å²) >= 11 is 7.33. The molecular formula is C21H25ClN4O3S. The van der Waals surface area contributed by atoms with E-state index in [2.05, 4.69) is 9.97 Å². The Balaban J connectivity index is 1.58. The molecule has 1 saturated heterocycles.